The molecule has 2 rings (SSSR count). The first-order chi connectivity index (χ1) is 9.00. The van der Waals surface area contributed by atoms with Crippen molar-refractivity contribution in [1.82, 2.24) is 5.32 Å². The zero-order valence-corrected chi connectivity index (χ0v) is 11.5. The van der Waals surface area contributed by atoms with Gasteiger partial charge in [-0.15, -0.1) is 0 Å². The van der Waals surface area contributed by atoms with Crippen molar-refractivity contribution >= 4 is 15.8 Å². The quantitative estimate of drug-likeness (QED) is 0.800. The van der Waals surface area contributed by atoms with Crippen LogP contribution in [0.5, 0.6) is 0 Å². The summed E-state index contributed by atoms with van der Waals surface area (Å²) in [5.74, 6) is -0.665. The van der Waals surface area contributed by atoms with E-state index in [-0.39, 0.29) is 17.5 Å². The molecule has 0 radical (unpaired) electrons. The lowest BCUT2D eigenvalue weighted by atomic mass is 10.1. The van der Waals surface area contributed by atoms with Gasteiger partial charge in [-0.3, -0.25) is 10.1 Å². The molecule has 1 aromatic carbocycles. The number of hydrogen-bond acceptors (Lipinski definition) is 5. The highest BCUT2D eigenvalue weighted by atomic mass is 32.2. The molecule has 1 aliphatic heterocycles. The van der Waals surface area contributed by atoms with Gasteiger partial charge in [-0.1, -0.05) is 30.3 Å². The minimum Gasteiger partial charge on any atom is -0.468 e. The smallest absolute Gasteiger partial charge is 0.323 e. The second kappa shape index (κ2) is 5.71. The number of carbonyl (C=O) groups is 1. The van der Waals surface area contributed by atoms with Crippen LogP contribution in [0.15, 0.2) is 30.3 Å². The molecule has 1 aliphatic rings. The molecule has 0 aliphatic carbocycles. The number of ether oxygens (including phenoxy) is 1. The van der Waals surface area contributed by atoms with Gasteiger partial charge in [-0.2, -0.15) is 0 Å². The van der Waals surface area contributed by atoms with Crippen LogP contribution in [-0.2, 0) is 25.8 Å². The Morgan fingerprint density at radius 1 is 1.32 bits per heavy atom. The third-order valence-corrected chi connectivity index (χ3v) is 4.87. The maximum atomic E-state index is 11.8. The van der Waals surface area contributed by atoms with Crippen LogP contribution in [0.4, 0.5) is 0 Å². The van der Waals surface area contributed by atoms with Gasteiger partial charge in [-0.05, 0) is 12.0 Å². The molecule has 2 unspecified atom stereocenters. The van der Waals surface area contributed by atoms with Crippen LogP contribution in [0.3, 0.4) is 0 Å². The summed E-state index contributed by atoms with van der Waals surface area (Å²) in [6.07, 6.45) is 0.577. The Balaban J connectivity index is 2.10. The molecule has 1 aromatic rings. The third kappa shape index (κ3) is 3.78. The molecule has 5 nitrogen and oxygen atoms in total. The minimum atomic E-state index is -3.22. The number of hydrogen-bond donors (Lipinski definition) is 1. The first kappa shape index (κ1) is 14.0. The fourth-order valence-corrected chi connectivity index (χ4v) is 4.01. The van der Waals surface area contributed by atoms with Crippen molar-refractivity contribution in [3.63, 3.8) is 0 Å². The van der Waals surface area contributed by atoms with Crippen LogP contribution >= 0.6 is 0 Å². The summed E-state index contributed by atoms with van der Waals surface area (Å²) in [6, 6.07) is 8.58. The van der Waals surface area contributed by atoms with E-state index >= 15 is 0 Å². The number of sulfone groups is 1. The fourth-order valence-electron chi connectivity index (χ4n) is 2.30. The molecule has 0 saturated carbocycles. The van der Waals surface area contributed by atoms with Crippen LogP contribution in [0.2, 0.25) is 0 Å². The molecular formula is C13H17NO4S. The molecular weight excluding hydrogens is 266 g/mol. The van der Waals surface area contributed by atoms with Crippen molar-refractivity contribution in [2.45, 2.75) is 18.5 Å². The van der Waals surface area contributed by atoms with Gasteiger partial charge >= 0.3 is 5.97 Å². The lowest BCUT2D eigenvalue weighted by Crippen LogP contribution is -2.56. The monoisotopic (exact) mass is 283 g/mol. The Morgan fingerprint density at radius 3 is 2.63 bits per heavy atom. The van der Waals surface area contributed by atoms with E-state index in [1.54, 1.807) is 0 Å². The maximum Gasteiger partial charge on any atom is 0.323 e. The lowest BCUT2D eigenvalue weighted by molar-refractivity contribution is -0.142. The van der Waals surface area contributed by atoms with Crippen molar-refractivity contribution in [1.29, 1.82) is 0 Å². The summed E-state index contributed by atoms with van der Waals surface area (Å²) < 4.78 is 28.3. The van der Waals surface area contributed by atoms with E-state index in [1.807, 2.05) is 30.3 Å². The van der Waals surface area contributed by atoms with Crippen LogP contribution in [0, 0.1) is 0 Å². The Morgan fingerprint density at radius 2 is 2.00 bits per heavy atom. The second-order valence-corrected chi connectivity index (χ2v) is 6.86. The van der Waals surface area contributed by atoms with E-state index in [1.165, 1.54) is 7.11 Å². The van der Waals surface area contributed by atoms with Gasteiger partial charge in [0.2, 0.25) is 0 Å². The SMILES string of the molecule is COC(=O)C1CS(=O)(=O)CC(Cc2ccccc2)N1. The van der Waals surface area contributed by atoms with Gasteiger partial charge in [0, 0.05) is 6.04 Å². The number of rotatable bonds is 3. The first-order valence-electron chi connectivity index (χ1n) is 6.08. The number of benzene rings is 1. The molecule has 1 fully saturated rings. The number of methoxy groups -OCH3 is 1. The molecule has 1 heterocycles. The molecule has 19 heavy (non-hydrogen) atoms. The zero-order chi connectivity index (χ0) is 13.9. The van der Waals surface area contributed by atoms with E-state index in [9.17, 15) is 13.2 Å². The predicted octanol–water partition coefficient (Wildman–Crippen LogP) is 0.157. The summed E-state index contributed by atoms with van der Waals surface area (Å²) in [4.78, 5) is 11.5. The summed E-state index contributed by atoms with van der Waals surface area (Å²) in [5.41, 5.74) is 1.04. The van der Waals surface area contributed by atoms with Crippen LogP contribution < -0.4 is 5.32 Å². The third-order valence-electron chi connectivity index (χ3n) is 3.12. The highest BCUT2D eigenvalue weighted by molar-refractivity contribution is 7.91. The van der Waals surface area contributed by atoms with E-state index in [4.69, 9.17) is 0 Å². The Hall–Kier alpha value is -1.40. The van der Waals surface area contributed by atoms with Gasteiger partial charge in [0.15, 0.2) is 9.84 Å². The first-order valence-corrected chi connectivity index (χ1v) is 7.90. The van der Waals surface area contributed by atoms with Gasteiger partial charge in [0.05, 0.1) is 18.6 Å². The zero-order valence-electron chi connectivity index (χ0n) is 10.7. The number of nitrogens with one attached hydrogen (secondary N) is 1. The summed E-state index contributed by atoms with van der Waals surface area (Å²) in [6.45, 7) is 0. The van der Waals surface area contributed by atoms with Crippen molar-refractivity contribution in [3.8, 4) is 0 Å². The van der Waals surface area contributed by atoms with Gasteiger partial charge in [-0.25, -0.2) is 8.42 Å². The van der Waals surface area contributed by atoms with Crippen LogP contribution in [0.25, 0.3) is 0 Å². The highest BCUT2D eigenvalue weighted by Gasteiger charge is 2.35. The molecule has 2 atom stereocenters. The maximum absolute atomic E-state index is 11.8. The summed E-state index contributed by atoms with van der Waals surface area (Å²) >= 11 is 0. The molecule has 1 N–H and O–H groups in total. The molecule has 6 heteroatoms. The predicted molar refractivity (Wildman–Crippen MR) is 71.5 cm³/mol. The van der Waals surface area contributed by atoms with Gasteiger partial charge < -0.3 is 4.74 Å². The highest BCUT2D eigenvalue weighted by Crippen LogP contribution is 2.12. The largest absolute Gasteiger partial charge is 0.468 e. The van der Waals surface area contributed by atoms with Crippen LogP contribution in [0.1, 0.15) is 5.56 Å². The Bertz CT molecular complexity index is 541. The minimum absolute atomic E-state index is 0.0510. The van der Waals surface area contributed by atoms with E-state index in [2.05, 4.69) is 10.1 Å². The van der Waals surface area contributed by atoms with Crippen molar-refractivity contribution < 1.29 is 17.9 Å². The molecule has 0 amide bonds. The van der Waals surface area contributed by atoms with Crippen molar-refractivity contribution in [2.75, 3.05) is 18.6 Å². The molecule has 0 aromatic heterocycles. The standard InChI is InChI=1S/C13H17NO4S/c1-18-13(15)12-9-19(16,17)8-11(14-12)7-10-5-3-2-4-6-10/h2-6,11-12,14H,7-9H2,1H3. The molecule has 0 bridgehead atoms. The van der Waals surface area contributed by atoms with Gasteiger partial charge in [0.25, 0.3) is 0 Å². The molecule has 0 spiro atoms. The average Bonchev–Trinajstić information content (AvgIpc) is 2.37. The summed E-state index contributed by atoms with van der Waals surface area (Å²) in [7, 11) is -1.96. The fraction of sp³-hybridized carbons (Fsp3) is 0.462. The molecule has 1 saturated heterocycles. The van der Waals surface area contributed by atoms with E-state index in [0.29, 0.717) is 6.42 Å². The second-order valence-electron chi connectivity index (χ2n) is 4.71. The number of esters is 1. The normalized spacial score (nSPS) is 25.7. The van der Waals surface area contributed by atoms with Crippen molar-refractivity contribution in [3.05, 3.63) is 35.9 Å². The van der Waals surface area contributed by atoms with Crippen molar-refractivity contribution in [2.24, 2.45) is 0 Å². The lowest BCUT2D eigenvalue weighted by Gasteiger charge is -2.29. The molecule has 104 valence electrons. The average molecular weight is 283 g/mol. The Labute approximate surface area is 112 Å². The topological polar surface area (TPSA) is 72.5 Å². The number of carbonyl (C=O) groups excluding carboxylic acids is 1. The summed E-state index contributed by atoms with van der Waals surface area (Å²) in [5, 5.41) is 3.05. The van der Waals surface area contributed by atoms with Crippen LogP contribution in [-0.4, -0.2) is 45.1 Å². The van der Waals surface area contributed by atoms with Gasteiger partial charge in [0.1, 0.15) is 6.04 Å². The van der Waals surface area contributed by atoms with E-state index in [0.717, 1.165) is 5.56 Å². The Kier molecular flexibility index (Phi) is 4.21. The van der Waals surface area contributed by atoms with E-state index < -0.39 is 21.8 Å².